The SMILES string of the molecule is COc1ccc(C)cc1Nc1ccnc(C(=O)NCCC(C)C)c1. The Morgan fingerprint density at radius 1 is 1.25 bits per heavy atom. The molecule has 0 unspecified atom stereocenters. The molecule has 2 aromatic rings. The van der Waals surface area contributed by atoms with E-state index in [0.29, 0.717) is 18.2 Å². The van der Waals surface area contributed by atoms with E-state index >= 15 is 0 Å². The Morgan fingerprint density at radius 2 is 2.04 bits per heavy atom. The van der Waals surface area contributed by atoms with Crippen molar-refractivity contribution >= 4 is 17.3 Å². The summed E-state index contributed by atoms with van der Waals surface area (Å²) in [6, 6.07) is 9.48. The number of nitrogens with zero attached hydrogens (tertiary/aromatic N) is 1. The zero-order valence-corrected chi connectivity index (χ0v) is 14.7. The average molecular weight is 327 g/mol. The lowest BCUT2D eigenvalue weighted by molar-refractivity contribution is 0.0947. The molecule has 0 fully saturated rings. The maximum absolute atomic E-state index is 12.2. The molecule has 5 heteroatoms. The maximum atomic E-state index is 12.2. The van der Waals surface area contributed by atoms with Gasteiger partial charge in [-0.15, -0.1) is 0 Å². The average Bonchev–Trinajstić information content (AvgIpc) is 2.55. The van der Waals surface area contributed by atoms with E-state index in [4.69, 9.17) is 4.74 Å². The van der Waals surface area contributed by atoms with Gasteiger partial charge < -0.3 is 15.4 Å². The predicted molar refractivity (Wildman–Crippen MR) is 97.0 cm³/mol. The maximum Gasteiger partial charge on any atom is 0.269 e. The fourth-order valence-electron chi connectivity index (χ4n) is 2.27. The molecule has 2 N–H and O–H groups in total. The van der Waals surface area contributed by atoms with Gasteiger partial charge in [-0.25, -0.2) is 0 Å². The summed E-state index contributed by atoms with van der Waals surface area (Å²) >= 11 is 0. The van der Waals surface area contributed by atoms with Crippen LogP contribution in [0, 0.1) is 12.8 Å². The Labute approximate surface area is 143 Å². The van der Waals surface area contributed by atoms with Crippen molar-refractivity contribution in [1.29, 1.82) is 0 Å². The first-order valence-corrected chi connectivity index (χ1v) is 8.15. The van der Waals surface area contributed by atoms with Crippen LogP contribution in [0.15, 0.2) is 36.5 Å². The van der Waals surface area contributed by atoms with Crippen molar-refractivity contribution in [3.63, 3.8) is 0 Å². The first-order chi connectivity index (χ1) is 11.5. The molecule has 0 aliphatic heterocycles. The lowest BCUT2D eigenvalue weighted by Gasteiger charge is -2.13. The molecule has 0 bridgehead atoms. The number of carbonyl (C=O) groups is 1. The van der Waals surface area contributed by atoms with Crippen molar-refractivity contribution in [1.82, 2.24) is 10.3 Å². The highest BCUT2D eigenvalue weighted by Gasteiger charge is 2.09. The molecule has 1 aromatic heterocycles. The summed E-state index contributed by atoms with van der Waals surface area (Å²) in [5.74, 6) is 1.15. The van der Waals surface area contributed by atoms with Crippen molar-refractivity contribution in [3.05, 3.63) is 47.8 Å². The summed E-state index contributed by atoms with van der Waals surface area (Å²) in [6.45, 7) is 6.93. The molecule has 2 rings (SSSR count). The molecule has 0 aliphatic rings. The van der Waals surface area contributed by atoms with E-state index in [1.165, 1.54) is 0 Å². The van der Waals surface area contributed by atoms with Crippen LogP contribution in [0.4, 0.5) is 11.4 Å². The first-order valence-electron chi connectivity index (χ1n) is 8.15. The lowest BCUT2D eigenvalue weighted by atomic mass is 10.1. The monoisotopic (exact) mass is 327 g/mol. The second-order valence-electron chi connectivity index (χ2n) is 6.20. The number of pyridine rings is 1. The number of nitrogens with one attached hydrogen (secondary N) is 2. The third-order valence-electron chi connectivity index (χ3n) is 3.63. The summed E-state index contributed by atoms with van der Waals surface area (Å²) in [7, 11) is 1.63. The van der Waals surface area contributed by atoms with E-state index in [1.807, 2.05) is 31.2 Å². The number of anilines is 2. The molecule has 1 amide bonds. The third kappa shape index (κ3) is 4.98. The van der Waals surface area contributed by atoms with Crippen molar-refractivity contribution in [2.24, 2.45) is 5.92 Å². The highest BCUT2D eigenvalue weighted by molar-refractivity contribution is 5.93. The topological polar surface area (TPSA) is 63.2 Å². The number of hydrogen-bond donors (Lipinski definition) is 2. The molecular weight excluding hydrogens is 302 g/mol. The van der Waals surface area contributed by atoms with E-state index < -0.39 is 0 Å². The van der Waals surface area contributed by atoms with Crippen molar-refractivity contribution in [3.8, 4) is 5.75 Å². The van der Waals surface area contributed by atoms with Crippen LogP contribution >= 0.6 is 0 Å². The number of amides is 1. The zero-order valence-electron chi connectivity index (χ0n) is 14.7. The molecule has 0 saturated carbocycles. The van der Waals surface area contributed by atoms with Crippen LogP contribution in [-0.4, -0.2) is 24.5 Å². The second kappa shape index (κ2) is 8.34. The van der Waals surface area contributed by atoms with Crippen molar-refractivity contribution in [2.75, 3.05) is 19.0 Å². The molecule has 0 saturated heterocycles. The van der Waals surface area contributed by atoms with Gasteiger partial charge >= 0.3 is 0 Å². The van der Waals surface area contributed by atoms with Gasteiger partial charge in [-0.05, 0) is 49.1 Å². The fourth-order valence-corrected chi connectivity index (χ4v) is 2.27. The number of hydrogen-bond acceptors (Lipinski definition) is 4. The van der Waals surface area contributed by atoms with Crippen LogP contribution in [0.1, 0.15) is 36.3 Å². The van der Waals surface area contributed by atoms with Crippen molar-refractivity contribution < 1.29 is 9.53 Å². The molecule has 0 radical (unpaired) electrons. The second-order valence-corrected chi connectivity index (χ2v) is 6.20. The number of carbonyl (C=O) groups excluding carboxylic acids is 1. The van der Waals surface area contributed by atoms with Gasteiger partial charge in [0, 0.05) is 18.4 Å². The number of benzene rings is 1. The summed E-state index contributed by atoms with van der Waals surface area (Å²) < 4.78 is 5.37. The van der Waals surface area contributed by atoms with Crippen LogP contribution in [0.5, 0.6) is 5.75 Å². The summed E-state index contributed by atoms with van der Waals surface area (Å²) in [5.41, 5.74) is 3.17. The van der Waals surface area contributed by atoms with Gasteiger partial charge in [0.25, 0.3) is 5.91 Å². The number of rotatable bonds is 7. The van der Waals surface area contributed by atoms with Crippen LogP contribution in [0.2, 0.25) is 0 Å². The normalized spacial score (nSPS) is 10.5. The minimum Gasteiger partial charge on any atom is -0.495 e. The van der Waals surface area contributed by atoms with E-state index in [2.05, 4.69) is 29.5 Å². The smallest absolute Gasteiger partial charge is 0.269 e. The molecule has 5 nitrogen and oxygen atoms in total. The van der Waals surface area contributed by atoms with Crippen LogP contribution < -0.4 is 15.4 Å². The highest BCUT2D eigenvalue weighted by atomic mass is 16.5. The Hall–Kier alpha value is -2.56. The molecule has 1 aromatic carbocycles. The van der Waals surface area contributed by atoms with Gasteiger partial charge in [-0.1, -0.05) is 19.9 Å². The standard InChI is InChI=1S/C19H25N3O2/c1-13(2)7-9-21-19(23)17-12-15(8-10-20-17)22-16-11-14(3)5-6-18(16)24-4/h5-6,8,10-13H,7,9H2,1-4H3,(H,20,22)(H,21,23). The largest absolute Gasteiger partial charge is 0.495 e. The molecule has 1 heterocycles. The summed E-state index contributed by atoms with van der Waals surface area (Å²) in [5, 5.41) is 6.19. The van der Waals surface area contributed by atoms with Gasteiger partial charge in [-0.3, -0.25) is 9.78 Å². The van der Waals surface area contributed by atoms with Crippen LogP contribution in [0.25, 0.3) is 0 Å². The number of aromatic nitrogens is 1. The van der Waals surface area contributed by atoms with E-state index in [9.17, 15) is 4.79 Å². The summed E-state index contributed by atoms with van der Waals surface area (Å²) in [6.07, 6.45) is 2.58. The quantitative estimate of drug-likeness (QED) is 0.809. The summed E-state index contributed by atoms with van der Waals surface area (Å²) in [4.78, 5) is 16.3. The van der Waals surface area contributed by atoms with Gasteiger partial charge in [0.1, 0.15) is 11.4 Å². The van der Waals surface area contributed by atoms with E-state index in [-0.39, 0.29) is 5.91 Å². The Morgan fingerprint density at radius 3 is 2.75 bits per heavy atom. The lowest BCUT2D eigenvalue weighted by Crippen LogP contribution is -2.26. The van der Waals surface area contributed by atoms with Crippen LogP contribution in [-0.2, 0) is 0 Å². The Balaban J connectivity index is 2.10. The van der Waals surface area contributed by atoms with E-state index in [1.54, 1.807) is 19.4 Å². The minimum atomic E-state index is -0.157. The van der Waals surface area contributed by atoms with Crippen LogP contribution in [0.3, 0.4) is 0 Å². The molecule has 0 aliphatic carbocycles. The van der Waals surface area contributed by atoms with Gasteiger partial charge in [-0.2, -0.15) is 0 Å². The Bertz CT molecular complexity index is 699. The molecule has 0 spiro atoms. The Kier molecular flexibility index (Phi) is 6.18. The van der Waals surface area contributed by atoms with Gasteiger partial charge in [0.2, 0.25) is 0 Å². The fraction of sp³-hybridized carbons (Fsp3) is 0.368. The first kappa shape index (κ1) is 17.8. The van der Waals surface area contributed by atoms with Crippen molar-refractivity contribution in [2.45, 2.75) is 27.2 Å². The highest BCUT2D eigenvalue weighted by Crippen LogP contribution is 2.28. The molecular formula is C19H25N3O2. The van der Waals surface area contributed by atoms with Gasteiger partial charge in [0.15, 0.2) is 0 Å². The number of aryl methyl sites for hydroxylation is 1. The van der Waals surface area contributed by atoms with Gasteiger partial charge in [0.05, 0.1) is 12.8 Å². The predicted octanol–water partition coefficient (Wildman–Crippen LogP) is 3.92. The molecule has 0 atom stereocenters. The minimum absolute atomic E-state index is 0.157. The number of methoxy groups -OCH3 is 1. The van der Waals surface area contributed by atoms with E-state index in [0.717, 1.165) is 29.1 Å². The zero-order chi connectivity index (χ0) is 17.5. The number of ether oxygens (including phenoxy) is 1. The molecule has 128 valence electrons. The third-order valence-corrected chi connectivity index (χ3v) is 3.63. The molecule has 24 heavy (non-hydrogen) atoms.